The molecule has 0 aliphatic rings. The molecule has 0 radical (unpaired) electrons. The minimum Gasteiger partial charge on any atom is -0.490 e. The molecule has 0 amide bonds. The third-order valence-corrected chi connectivity index (χ3v) is 2.91. The molecular formula is C16H17NO4. The number of nitrogens with zero attached hydrogens (tertiary/aromatic N) is 1. The normalized spacial score (nSPS) is 10.2. The highest BCUT2D eigenvalue weighted by molar-refractivity contribution is 5.95. The van der Waals surface area contributed by atoms with E-state index in [1.54, 1.807) is 18.2 Å². The summed E-state index contributed by atoms with van der Waals surface area (Å²) in [5.41, 5.74) is 1.48. The monoisotopic (exact) mass is 287 g/mol. The van der Waals surface area contributed by atoms with Crippen molar-refractivity contribution in [2.75, 3.05) is 13.2 Å². The molecule has 0 saturated carbocycles. The number of hydrogen-bond acceptors (Lipinski definition) is 4. The highest BCUT2D eigenvalue weighted by atomic mass is 16.5. The highest BCUT2D eigenvalue weighted by Gasteiger charge is 2.14. The van der Waals surface area contributed by atoms with Crippen LogP contribution in [0.15, 0.2) is 36.7 Å². The lowest BCUT2D eigenvalue weighted by molar-refractivity contribution is 0.0697. The number of carboxylic acids is 1. The summed E-state index contributed by atoms with van der Waals surface area (Å²) in [6.45, 7) is 4.82. The Morgan fingerprint density at radius 3 is 2.52 bits per heavy atom. The number of aromatic carboxylic acids is 1. The summed E-state index contributed by atoms with van der Waals surface area (Å²) in [5, 5.41) is 9.25. The maximum absolute atomic E-state index is 11.3. The van der Waals surface area contributed by atoms with Gasteiger partial charge in [0, 0.05) is 18.0 Å². The van der Waals surface area contributed by atoms with E-state index in [1.807, 2.05) is 13.8 Å². The van der Waals surface area contributed by atoms with Gasteiger partial charge in [-0.15, -0.1) is 0 Å². The van der Waals surface area contributed by atoms with Crippen molar-refractivity contribution in [1.82, 2.24) is 4.98 Å². The Labute approximate surface area is 123 Å². The topological polar surface area (TPSA) is 68.7 Å². The molecule has 0 atom stereocenters. The number of carbonyl (C=O) groups is 1. The highest BCUT2D eigenvalue weighted by Crippen LogP contribution is 2.33. The summed E-state index contributed by atoms with van der Waals surface area (Å²) in [5.74, 6) is 0.250. The van der Waals surface area contributed by atoms with Gasteiger partial charge in [-0.3, -0.25) is 4.98 Å². The molecule has 1 aromatic carbocycles. The summed E-state index contributed by atoms with van der Waals surface area (Å²) < 4.78 is 11.1. The van der Waals surface area contributed by atoms with E-state index in [2.05, 4.69) is 4.98 Å². The first kappa shape index (κ1) is 14.8. The summed E-state index contributed by atoms with van der Waals surface area (Å²) in [7, 11) is 0. The molecule has 0 saturated heterocycles. The maximum Gasteiger partial charge on any atom is 0.336 e. The van der Waals surface area contributed by atoms with Gasteiger partial charge in [0.25, 0.3) is 0 Å². The predicted molar refractivity (Wildman–Crippen MR) is 79.0 cm³/mol. The van der Waals surface area contributed by atoms with Gasteiger partial charge in [0.1, 0.15) is 0 Å². The molecule has 5 heteroatoms. The van der Waals surface area contributed by atoms with E-state index in [0.29, 0.717) is 30.3 Å². The SMILES string of the molecule is CCOc1ccc(-c2cnccc2C(=O)O)cc1OCC. The van der Waals surface area contributed by atoms with Crippen LogP contribution in [0.5, 0.6) is 11.5 Å². The standard InChI is InChI=1S/C16H17NO4/c1-3-20-14-6-5-11(9-15(14)21-4-2)13-10-17-8-7-12(13)16(18)19/h5-10H,3-4H2,1-2H3,(H,18,19). The molecule has 0 aliphatic carbocycles. The van der Waals surface area contributed by atoms with Crippen LogP contribution in [0.2, 0.25) is 0 Å². The average Bonchev–Trinajstić information content (AvgIpc) is 2.49. The van der Waals surface area contributed by atoms with Crippen LogP contribution in [0.4, 0.5) is 0 Å². The first-order chi connectivity index (χ1) is 10.2. The van der Waals surface area contributed by atoms with E-state index in [0.717, 1.165) is 5.56 Å². The Balaban J connectivity index is 2.50. The third-order valence-electron chi connectivity index (χ3n) is 2.91. The number of rotatable bonds is 6. The zero-order chi connectivity index (χ0) is 15.2. The van der Waals surface area contributed by atoms with E-state index in [-0.39, 0.29) is 5.56 Å². The van der Waals surface area contributed by atoms with E-state index in [4.69, 9.17) is 9.47 Å². The molecule has 0 aliphatic heterocycles. The summed E-state index contributed by atoms with van der Waals surface area (Å²) in [6.07, 6.45) is 3.00. The molecular weight excluding hydrogens is 270 g/mol. The van der Waals surface area contributed by atoms with Crippen LogP contribution >= 0.6 is 0 Å². The summed E-state index contributed by atoms with van der Waals surface area (Å²) >= 11 is 0. The summed E-state index contributed by atoms with van der Waals surface area (Å²) in [6, 6.07) is 6.84. The van der Waals surface area contributed by atoms with Crippen LogP contribution in [0.3, 0.4) is 0 Å². The van der Waals surface area contributed by atoms with Crippen LogP contribution < -0.4 is 9.47 Å². The van der Waals surface area contributed by atoms with Gasteiger partial charge in [-0.2, -0.15) is 0 Å². The van der Waals surface area contributed by atoms with Crippen LogP contribution in [0.1, 0.15) is 24.2 Å². The molecule has 0 fully saturated rings. The van der Waals surface area contributed by atoms with Crippen LogP contribution in [-0.4, -0.2) is 29.3 Å². The van der Waals surface area contributed by atoms with Gasteiger partial charge in [0.05, 0.1) is 18.8 Å². The predicted octanol–water partition coefficient (Wildman–Crippen LogP) is 3.24. The lowest BCUT2D eigenvalue weighted by Gasteiger charge is -2.13. The molecule has 1 N–H and O–H groups in total. The van der Waals surface area contributed by atoms with Gasteiger partial charge in [-0.1, -0.05) is 6.07 Å². The van der Waals surface area contributed by atoms with Gasteiger partial charge < -0.3 is 14.6 Å². The van der Waals surface area contributed by atoms with Crippen LogP contribution in [0.25, 0.3) is 11.1 Å². The van der Waals surface area contributed by atoms with Crippen LogP contribution in [0, 0.1) is 0 Å². The van der Waals surface area contributed by atoms with Crippen molar-refractivity contribution >= 4 is 5.97 Å². The van der Waals surface area contributed by atoms with Crippen molar-refractivity contribution < 1.29 is 19.4 Å². The largest absolute Gasteiger partial charge is 0.490 e. The van der Waals surface area contributed by atoms with Crippen molar-refractivity contribution in [3.63, 3.8) is 0 Å². The second-order valence-electron chi connectivity index (χ2n) is 4.25. The minimum absolute atomic E-state index is 0.205. The zero-order valence-corrected chi connectivity index (χ0v) is 12.0. The molecule has 5 nitrogen and oxygen atoms in total. The lowest BCUT2D eigenvalue weighted by Crippen LogP contribution is -2.01. The Hall–Kier alpha value is -2.56. The molecule has 2 aromatic rings. The van der Waals surface area contributed by atoms with Crippen molar-refractivity contribution in [3.05, 3.63) is 42.2 Å². The molecule has 0 spiro atoms. The Bertz CT molecular complexity index is 640. The number of carboxylic acid groups (broad SMARTS) is 1. The van der Waals surface area contributed by atoms with Gasteiger partial charge in [0.2, 0.25) is 0 Å². The zero-order valence-electron chi connectivity index (χ0n) is 12.0. The van der Waals surface area contributed by atoms with Crippen LogP contribution in [-0.2, 0) is 0 Å². The molecule has 2 rings (SSSR count). The fraction of sp³-hybridized carbons (Fsp3) is 0.250. The second-order valence-corrected chi connectivity index (χ2v) is 4.25. The van der Waals surface area contributed by atoms with Gasteiger partial charge >= 0.3 is 5.97 Å². The number of pyridine rings is 1. The Morgan fingerprint density at radius 2 is 1.86 bits per heavy atom. The third kappa shape index (κ3) is 3.31. The van der Waals surface area contributed by atoms with Crippen molar-refractivity contribution in [3.8, 4) is 22.6 Å². The molecule has 1 heterocycles. The average molecular weight is 287 g/mol. The fourth-order valence-corrected chi connectivity index (χ4v) is 2.03. The number of aromatic nitrogens is 1. The van der Waals surface area contributed by atoms with Crippen molar-refractivity contribution in [1.29, 1.82) is 0 Å². The minimum atomic E-state index is -0.987. The fourth-order valence-electron chi connectivity index (χ4n) is 2.03. The number of ether oxygens (including phenoxy) is 2. The molecule has 0 unspecified atom stereocenters. The van der Waals surface area contributed by atoms with Crippen molar-refractivity contribution in [2.45, 2.75) is 13.8 Å². The first-order valence-corrected chi connectivity index (χ1v) is 6.74. The number of benzene rings is 1. The first-order valence-electron chi connectivity index (χ1n) is 6.74. The van der Waals surface area contributed by atoms with Gasteiger partial charge in [-0.25, -0.2) is 4.79 Å². The number of hydrogen-bond donors (Lipinski definition) is 1. The maximum atomic E-state index is 11.3. The van der Waals surface area contributed by atoms with E-state index in [9.17, 15) is 9.90 Å². The smallest absolute Gasteiger partial charge is 0.336 e. The molecule has 1 aromatic heterocycles. The quantitative estimate of drug-likeness (QED) is 0.883. The van der Waals surface area contributed by atoms with Crippen molar-refractivity contribution in [2.24, 2.45) is 0 Å². The van der Waals surface area contributed by atoms with E-state index < -0.39 is 5.97 Å². The van der Waals surface area contributed by atoms with Gasteiger partial charge in [0.15, 0.2) is 11.5 Å². The molecule has 0 bridgehead atoms. The van der Waals surface area contributed by atoms with E-state index in [1.165, 1.54) is 18.5 Å². The van der Waals surface area contributed by atoms with Gasteiger partial charge in [-0.05, 0) is 37.6 Å². The molecule has 21 heavy (non-hydrogen) atoms. The second kappa shape index (κ2) is 6.74. The molecule has 110 valence electrons. The lowest BCUT2D eigenvalue weighted by atomic mass is 10.0. The Kier molecular flexibility index (Phi) is 4.77. The summed E-state index contributed by atoms with van der Waals surface area (Å²) in [4.78, 5) is 15.3. The van der Waals surface area contributed by atoms with E-state index >= 15 is 0 Å². The Morgan fingerprint density at radius 1 is 1.14 bits per heavy atom.